The van der Waals surface area contributed by atoms with Gasteiger partial charge in [0.2, 0.25) is 0 Å². The number of rotatable bonds is 0. The quantitative estimate of drug-likeness (QED) is 0.461. The van der Waals surface area contributed by atoms with Gasteiger partial charge in [0, 0.05) is 6.61 Å². The minimum Gasteiger partial charge on any atom is -0.870 e. The molecule has 0 aromatic carbocycles. The molecule has 0 aliphatic rings. The van der Waals surface area contributed by atoms with Crippen LogP contribution in [0.4, 0.5) is 0 Å². The van der Waals surface area contributed by atoms with Crippen molar-refractivity contribution in [2.24, 2.45) is 0 Å². The third-order valence-corrected chi connectivity index (χ3v) is 0. The van der Waals surface area contributed by atoms with Gasteiger partial charge in [-0.2, -0.15) is 0 Å². The van der Waals surface area contributed by atoms with E-state index < -0.39 is 0 Å². The molecule has 3 N–H and O–H groups in total. The predicted octanol–water partition coefficient (Wildman–Crippen LogP) is -0.358. The molecule has 0 aromatic rings. The Morgan fingerprint density at radius 1 is 1.33 bits per heavy atom. The van der Waals surface area contributed by atoms with Crippen LogP contribution in [0.5, 0.6) is 0 Å². The maximum absolute atomic E-state index is 7.57. The standard InChI is InChI=1S/C2H6O.Fe.2H2O/c1-2-3;;;/h3H,2H2,1H3;;2*1H2/q;+2;;/p-2. The summed E-state index contributed by atoms with van der Waals surface area (Å²) in [4.78, 5) is 0. The van der Waals surface area contributed by atoms with Gasteiger partial charge in [0.1, 0.15) is 0 Å². The second-order valence-electron chi connectivity index (χ2n) is 0.316. The first-order chi connectivity index (χ1) is 1.41. The van der Waals surface area contributed by atoms with Crippen molar-refractivity contribution >= 4 is 0 Å². The summed E-state index contributed by atoms with van der Waals surface area (Å²) in [6.45, 7) is 1.93. The molecule has 0 aliphatic heterocycles. The smallest absolute Gasteiger partial charge is 0.870 e. The number of hydrogen-bond donors (Lipinski definition) is 1. The molecule has 0 unspecified atom stereocenters. The molecule has 0 atom stereocenters. The van der Waals surface area contributed by atoms with E-state index in [0.29, 0.717) is 0 Å². The Labute approximate surface area is 47.5 Å². The monoisotopic (exact) mass is 136 g/mol. The summed E-state index contributed by atoms with van der Waals surface area (Å²) in [6, 6.07) is 0. The van der Waals surface area contributed by atoms with Gasteiger partial charge in [-0.25, -0.2) is 0 Å². The van der Waals surface area contributed by atoms with Crippen LogP contribution in [-0.2, 0) is 17.1 Å². The van der Waals surface area contributed by atoms with Crippen LogP contribution in [0, 0.1) is 0 Å². The van der Waals surface area contributed by atoms with Crippen LogP contribution in [0.1, 0.15) is 6.92 Å². The van der Waals surface area contributed by atoms with Crippen LogP contribution in [0.3, 0.4) is 0 Å². The van der Waals surface area contributed by atoms with Crippen LogP contribution in [0.2, 0.25) is 0 Å². The normalized spacial score (nSPS) is 3.00. The van der Waals surface area contributed by atoms with Crippen molar-refractivity contribution in [1.82, 2.24) is 0 Å². The first-order valence-electron chi connectivity index (χ1n) is 1.02. The van der Waals surface area contributed by atoms with E-state index in [4.69, 9.17) is 5.11 Å². The minimum atomic E-state index is 0. The molecule has 3 nitrogen and oxygen atoms in total. The van der Waals surface area contributed by atoms with Crippen molar-refractivity contribution in [1.29, 1.82) is 0 Å². The van der Waals surface area contributed by atoms with E-state index in [1.807, 2.05) is 0 Å². The Morgan fingerprint density at radius 3 is 1.33 bits per heavy atom. The number of aliphatic hydroxyl groups is 1. The van der Waals surface area contributed by atoms with E-state index in [1.165, 1.54) is 0 Å². The molecule has 0 aromatic heterocycles. The van der Waals surface area contributed by atoms with E-state index >= 15 is 0 Å². The molecule has 0 radical (unpaired) electrons. The Hall–Kier alpha value is 0.399. The van der Waals surface area contributed by atoms with Crippen molar-refractivity contribution in [3.8, 4) is 0 Å². The topological polar surface area (TPSA) is 80.2 Å². The average molecular weight is 136 g/mol. The van der Waals surface area contributed by atoms with Gasteiger partial charge in [-0.05, 0) is 6.92 Å². The second-order valence-corrected chi connectivity index (χ2v) is 0.316. The van der Waals surface area contributed by atoms with Gasteiger partial charge in [0.25, 0.3) is 0 Å². The van der Waals surface area contributed by atoms with Crippen molar-refractivity contribution < 1.29 is 33.1 Å². The maximum atomic E-state index is 7.57. The molecule has 0 saturated carbocycles. The Bertz CT molecular complexity index is 8.75. The zero-order chi connectivity index (χ0) is 2.71. The van der Waals surface area contributed by atoms with Gasteiger partial charge in [-0.3, -0.25) is 0 Å². The van der Waals surface area contributed by atoms with Crippen LogP contribution in [-0.4, -0.2) is 22.7 Å². The van der Waals surface area contributed by atoms with E-state index in [2.05, 4.69) is 0 Å². The van der Waals surface area contributed by atoms with Crippen molar-refractivity contribution in [3.05, 3.63) is 0 Å². The minimum absolute atomic E-state index is 0. The maximum Gasteiger partial charge on any atom is 2.00 e. The SMILES string of the molecule is CCO.[Fe+2].[OH-].[OH-]. The van der Waals surface area contributed by atoms with E-state index in [0.717, 1.165) is 0 Å². The number of aliphatic hydroxyl groups excluding tert-OH is 1. The van der Waals surface area contributed by atoms with Gasteiger partial charge in [0.15, 0.2) is 0 Å². The molecule has 0 spiro atoms. The van der Waals surface area contributed by atoms with Crippen LogP contribution < -0.4 is 0 Å². The average Bonchev–Trinajstić information content (AvgIpc) is 0.918. The van der Waals surface area contributed by atoms with E-state index in [9.17, 15) is 0 Å². The molecule has 0 bridgehead atoms. The number of hydrogen-bond acceptors (Lipinski definition) is 3. The molecular weight excluding hydrogens is 128 g/mol. The van der Waals surface area contributed by atoms with E-state index in [-0.39, 0.29) is 34.6 Å². The van der Waals surface area contributed by atoms with Crippen molar-refractivity contribution in [2.45, 2.75) is 6.92 Å². The molecule has 0 fully saturated rings. The Morgan fingerprint density at radius 2 is 1.33 bits per heavy atom. The summed E-state index contributed by atoms with van der Waals surface area (Å²) in [5.41, 5.74) is 0. The van der Waals surface area contributed by atoms with Gasteiger partial charge >= 0.3 is 17.1 Å². The molecule has 0 aliphatic carbocycles. The fourth-order valence-electron chi connectivity index (χ4n) is 0. The summed E-state index contributed by atoms with van der Waals surface area (Å²) in [5, 5.41) is 7.57. The van der Waals surface area contributed by atoms with Gasteiger partial charge in [-0.1, -0.05) is 0 Å². The molecule has 0 amide bonds. The molecular formula is C2H8FeO3. The zero-order valence-corrected chi connectivity index (χ0v) is 4.51. The summed E-state index contributed by atoms with van der Waals surface area (Å²) in [7, 11) is 0. The van der Waals surface area contributed by atoms with E-state index in [1.54, 1.807) is 6.92 Å². The molecule has 0 saturated heterocycles. The fourth-order valence-corrected chi connectivity index (χ4v) is 0. The van der Waals surface area contributed by atoms with Crippen molar-refractivity contribution in [3.63, 3.8) is 0 Å². The summed E-state index contributed by atoms with van der Waals surface area (Å²) in [5.74, 6) is 0. The third-order valence-electron chi connectivity index (χ3n) is 0. The summed E-state index contributed by atoms with van der Waals surface area (Å²) >= 11 is 0. The summed E-state index contributed by atoms with van der Waals surface area (Å²) < 4.78 is 0. The second kappa shape index (κ2) is 53.4. The zero-order valence-electron chi connectivity index (χ0n) is 3.40. The Kier molecular flexibility index (Phi) is 288. The third kappa shape index (κ3) is 319. The summed E-state index contributed by atoms with van der Waals surface area (Å²) in [6.07, 6.45) is 0. The van der Waals surface area contributed by atoms with Gasteiger partial charge in [-0.15, -0.1) is 0 Å². The van der Waals surface area contributed by atoms with Crippen molar-refractivity contribution in [2.75, 3.05) is 6.61 Å². The first kappa shape index (κ1) is 32.4. The first-order valence-corrected chi connectivity index (χ1v) is 1.02. The fraction of sp³-hybridized carbons (Fsp3) is 1.00. The van der Waals surface area contributed by atoms with Crippen LogP contribution in [0.25, 0.3) is 0 Å². The van der Waals surface area contributed by atoms with Crippen LogP contribution >= 0.6 is 0 Å². The molecule has 6 heavy (non-hydrogen) atoms. The van der Waals surface area contributed by atoms with Crippen LogP contribution in [0.15, 0.2) is 0 Å². The molecule has 42 valence electrons. The van der Waals surface area contributed by atoms with Gasteiger partial charge in [0.05, 0.1) is 0 Å². The molecule has 4 heteroatoms. The van der Waals surface area contributed by atoms with Gasteiger partial charge < -0.3 is 16.1 Å². The predicted molar refractivity (Wildman–Crippen MR) is 16.6 cm³/mol. The molecule has 0 rings (SSSR count). The largest absolute Gasteiger partial charge is 2.00 e. The Balaban J connectivity index is -0.00000000667. The molecule has 0 heterocycles.